The van der Waals surface area contributed by atoms with Crippen LogP contribution in [0, 0.1) is 5.92 Å². The van der Waals surface area contributed by atoms with E-state index >= 15 is 0 Å². The van der Waals surface area contributed by atoms with Gasteiger partial charge in [-0.25, -0.2) is 4.79 Å². The maximum absolute atomic E-state index is 11.1. The van der Waals surface area contributed by atoms with Crippen molar-refractivity contribution >= 4 is 5.97 Å². The van der Waals surface area contributed by atoms with Gasteiger partial charge in [0.05, 0.1) is 13.2 Å². The lowest BCUT2D eigenvalue weighted by molar-refractivity contribution is -0.137. The lowest BCUT2D eigenvalue weighted by Gasteiger charge is -2.10. The van der Waals surface area contributed by atoms with Gasteiger partial charge in [-0.05, 0) is 37.7 Å². The number of esters is 1. The Morgan fingerprint density at radius 3 is 2.71 bits per heavy atom. The number of ether oxygens (including phenoxy) is 2. The van der Waals surface area contributed by atoms with Gasteiger partial charge in [0.25, 0.3) is 0 Å². The normalized spacial score (nSPS) is 12.5. The van der Waals surface area contributed by atoms with Gasteiger partial charge < -0.3 is 9.47 Å². The average molecular weight is 290 g/mol. The predicted octanol–water partition coefficient (Wildman–Crippen LogP) is 4.13. The number of rotatable bonds is 10. The highest BCUT2D eigenvalue weighted by atomic mass is 16.5. The van der Waals surface area contributed by atoms with Crippen LogP contribution in [0.3, 0.4) is 0 Å². The molecule has 0 amide bonds. The third-order valence-electron chi connectivity index (χ3n) is 3.23. The molecule has 0 saturated carbocycles. The van der Waals surface area contributed by atoms with Crippen molar-refractivity contribution in [3.8, 4) is 0 Å². The summed E-state index contributed by atoms with van der Waals surface area (Å²) in [4.78, 5) is 11.1. The van der Waals surface area contributed by atoms with Crippen LogP contribution in [0.1, 0.15) is 38.7 Å². The van der Waals surface area contributed by atoms with E-state index in [-0.39, 0.29) is 5.97 Å². The molecule has 0 fully saturated rings. The number of benzene rings is 1. The fraction of sp³-hybridized carbons (Fsp3) is 0.500. The number of allylic oxidation sites excluding steroid dienone is 1. The summed E-state index contributed by atoms with van der Waals surface area (Å²) < 4.78 is 10.5. The lowest BCUT2D eigenvalue weighted by Crippen LogP contribution is -2.02. The van der Waals surface area contributed by atoms with Crippen molar-refractivity contribution in [2.24, 2.45) is 5.92 Å². The zero-order valence-corrected chi connectivity index (χ0v) is 13.1. The Morgan fingerprint density at radius 1 is 1.24 bits per heavy atom. The maximum Gasteiger partial charge on any atom is 0.330 e. The first kappa shape index (κ1) is 17.4. The van der Waals surface area contributed by atoms with Gasteiger partial charge in [-0.1, -0.05) is 43.3 Å². The number of hydrogen-bond donors (Lipinski definition) is 0. The second kappa shape index (κ2) is 11.1. The molecule has 21 heavy (non-hydrogen) atoms. The van der Waals surface area contributed by atoms with Crippen molar-refractivity contribution in [3.63, 3.8) is 0 Å². The molecule has 0 radical (unpaired) electrons. The van der Waals surface area contributed by atoms with Crippen molar-refractivity contribution in [3.05, 3.63) is 48.0 Å². The second-order valence-electron chi connectivity index (χ2n) is 5.16. The summed E-state index contributed by atoms with van der Waals surface area (Å²) in [6, 6.07) is 10.2. The molecule has 0 saturated heterocycles. The van der Waals surface area contributed by atoms with E-state index in [2.05, 4.69) is 19.1 Å². The van der Waals surface area contributed by atoms with Crippen LogP contribution in [0.5, 0.6) is 0 Å². The highest BCUT2D eigenvalue weighted by molar-refractivity contribution is 5.81. The molecule has 1 atom stereocenters. The first-order valence-corrected chi connectivity index (χ1v) is 7.67. The van der Waals surface area contributed by atoms with Crippen LogP contribution >= 0.6 is 0 Å². The van der Waals surface area contributed by atoms with E-state index in [1.54, 1.807) is 0 Å². The maximum atomic E-state index is 11.1. The van der Waals surface area contributed by atoms with Crippen LogP contribution in [-0.4, -0.2) is 19.2 Å². The van der Waals surface area contributed by atoms with Crippen molar-refractivity contribution in [2.45, 2.75) is 39.7 Å². The van der Waals surface area contributed by atoms with Crippen LogP contribution in [0.4, 0.5) is 0 Å². The van der Waals surface area contributed by atoms with Crippen LogP contribution in [0.25, 0.3) is 0 Å². The Bertz CT molecular complexity index is 412. The van der Waals surface area contributed by atoms with E-state index in [1.807, 2.05) is 31.2 Å². The summed E-state index contributed by atoms with van der Waals surface area (Å²) in [5.41, 5.74) is 1.21. The standard InChI is InChI=1S/C18H26O3/c1-3-21-18(19)12-8-7-9-16(2)13-14-20-15-17-10-5-4-6-11-17/h4-6,8,10-12,16H,3,7,9,13-15H2,1-2H3/b12-8+/t16-/m1/s1. The summed E-state index contributed by atoms with van der Waals surface area (Å²) in [5, 5.41) is 0. The van der Waals surface area contributed by atoms with Crippen LogP contribution in [0.2, 0.25) is 0 Å². The van der Waals surface area contributed by atoms with Gasteiger partial charge in [0.15, 0.2) is 0 Å². The Labute approximate surface area is 128 Å². The molecule has 0 spiro atoms. The van der Waals surface area contributed by atoms with Crippen LogP contribution < -0.4 is 0 Å². The zero-order valence-electron chi connectivity index (χ0n) is 13.1. The minimum Gasteiger partial charge on any atom is -0.463 e. The van der Waals surface area contributed by atoms with E-state index in [0.29, 0.717) is 19.1 Å². The Kier molecular flexibility index (Phi) is 9.21. The Balaban J connectivity index is 2.03. The summed E-state index contributed by atoms with van der Waals surface area (Å²) >= 11 is 0. The smallest absolute Gasteiger partial charge is 0.330 e. The molecule has 0 aliphatic rings. The van der Waals surface area contributed by atoms with Gasteiger partial charge in [-0.15, -0.1) is 0 Å². The van der Waals surface area contributed by atoms with Gasteiger partial charge in [0.1, 0.15) is 0 Å². The molecule has 0 aliphatic heterocycles. The predicted molar refractivity (Wildman–Crippen MR) is 84.9 cm³/mol. The van der Waals surface area contributed by atoms with E-state index < -0.39 is 0 Å². The van der Waals surface area contributed by atoms with Gasteiger partial charge in [-0.3, -0.25) is 0 Å². The fourth-order valence-electron chi connectivity index (χ4n) is 1.94. The van der Waals surface area contributed by atoms with Crippen molar-refractivity contribution < 1.29 is 14.3 Å². The van der Waals surface area contributed by atoms with E-state index in [4.69, 9.17) is 9.47 Å². The topological polar surface area (TPSA) is 35.5 Å². The fourth-order valence-corrected chi connectivity index (χ4v) is 1.94. The Hall–Kier alpha value is -1.61. The molecule has 1 rings (SSSR count). The molecule has 0 heterocycles. The summed E-state index contributed by atoms with van der Waals surface area (Å²) in [5.74, 6) is 0.337. The highest BCUT2D eigenvalue weighted by Crippen LogP contribution is 2.11. The molecule has 0 aromatic heterocycles. The first-order chi connectivity index (χ1) is 10.2. The largest absolute Gasteiger partial charge is 0.463 e. The SMILES string of the molecule is CCOC(=O)/C=C/CC[C@@H](C)CCOCc1ccccc1. The molecule has 3 nitrogen and oxygen atoms in total. The molecule has 1 aromatic rings. The Morgan fingerprint density at radius 2 is 2.00 bits per heavy atom. The second-order valence-corrected chi connectivity index (χ2v) is 5.16. The quantitative estimate of drug-likeness (QED) is 0.369. The summed E-state index contributed by atoms with van der Waals surface area (Å²) in [7, 11) is 0. The van der Waals surface area contributed by atoms with E-state index in [0.717, 1.165) is 25.9 Å². The number of hydrogen-bond acceptors (Lipinski definition) is 3. The number of carbonyl (C=O) groups excluding carboxylic acids is 1. The molecular formula is C18H26O3. The van der Waals surface area contributed by atoms with Gasteiger partial charge >= 0.3 is 5.97 Å². The van der Waals surface area contributed by atoms with Crippen molar-refractivity contribution in [1.29, 1.82) is 0 Å². The highest BCUT2D eigenvalue weighted by Gasteiger charge is 2.01. The molecule has 0 aliphatic carbocycles. The van der Waals surface area contributed by atoms with Crippen LogP contribution in [-0.2, 0) is 20.9 Å². The molecule has 116 valence electrons. The third-order valence-corrected chi connectivity index (χ3v) is 3.23. The summed E-state index contributed by atoms with van der Waals surface area (Å²) in [6.45, 7) is 5.90. The minimum absolute atomic E-state index is 0.253. The molecule has 0 unspecified atom stereocenters. The molecule has 3 heteroatoms. The first-order valence-electron chi connectivity index (χ1n) is 7.67. The average Bonchev–Trinajstić information content (AvgIpc) is 2.49. The van der Waals surface area contributed by atoms with Gasteiger partial charge in [0, 0.05) is 12.7 Å². The molecular weight excluding hydrogens is 264 g/mol. The summed E-state index contributed by atoms with van der Waals surface area (Å²) in [6.07, 6.45) is 6.41. The lowest BCUT2D eigenvalue weighted by atomic mass is 10.0. The van der Waals surface area contributed by atoms with E-state index in [9.17, 15) is 4.79 Å². The third kappa shape index (κ3) is 9.03. The van der Waals surface area contributed by atoms with E-state index in [1.165, 1.54) is 11.6 Å². The monoisotopic (exact) mass is 290 g/mol. The molecule has 0 bridgehead atoms. The number of carbonyl (C=O) groups is 1. The van der Waals surface area contributed by atoms with Gasteiger partial charge in [0.2, 0.25) is 0 Å². The zero-order chi connectivity index (χ0) is 15.3. The van der Waals surface area contributed by atoms with Crippen molar-refractivity contribution in [2.75, 3.05) is 13.2 Å². The molecule has 1 aromatic carbocycles. The van der Waals surface area contributed by atoms with Crippen molar-refractivity contribution in [1.82, 2.24) is 0 Å². The minimum atomic E-state index is -0.253. The molecule has 0 N–H and O–H groups in total. The van der Waals surface area contributed by atoms with Crippen LogP contribution in [0.15, 0.2) is 42.5 Å². The van der Waals surface area contributed by atoms with Gasteiger partial charge in [-0.2, -0.15) is 0 Å².